The van der Waals surface area contributed by atoms with Crippen LogP contribution in [0.15, 0.2) is 59.1 Å². The third kappa shape index (κ3) is 22.9. The molecule has 1 aromatic rings. The fourth-order valence-corrected chi connectivity index (χ4v) is 9.24. The summed E-state index contributed by atoms with van der Waals surface area (Å²) in [5.74, 6) is -14.7. The lowest BCUT2D eigenvalue weighted by Crippen LogP contribution is -2.59. The molecular weight excluding hydrogens is 1030 g/mol. The van der Waals surface area contributed by atoms with E-state index < -0.39 is 132 Å². The van der Waals surface area contributed by atoms with Crippen LogP contribution < -0.4 is 49.1 Å². The first kappa shape index (κ1) is 67.1. The lowest BCUT2D eigenvalue weighted by atomic mass is 9.94. The number of hydrogen-bond acceptors (Lipinski definition) is 14. The van der Waals surface area contributed by atoms with Crippen LogP contribution in [0.2, 0.25) is 0 Å². The number of amides is 7. The van der Waals surface area contributed by atoms with Crippen molar-refractivity contribution in [2.75, 3.05) is 32.2 Å². The molecule has 1 aromatic carbocycles. The Morgan fingerprint density at radius 1 is 0.821 bits per heavy atom. The van der Waals surface area contributed by atoms with Crippen molar-refractivity contribution < 1.29 is 68.0 Å². The van der Waals surface area contributed by atoms with Crippen molar-refractivity contribution in [3.05, 3.63) is 59.7 Å². The van der Waals surface area contributed by atoms with Gasteiger partial charge in [-0.15, -0.1) is 0 Å². The molecule has 26 heteroatoms. The summed E-state index contributed by atoms with van der Waals surface area (Å²) in [5, 5.41) is 45.2. The monoisotopic (exact) mass is 1120 g/mol. The average molecular weight is 1120 g/mol. The fraction of sp³-hybridized carbons (Fsp3) is 0.596. The van der Waals surface area contributed by atoms with Crippen LogP contribution in [0, 0.1) is 23.7 Å². The van der Waals surface area contributed by atoms with Crippen molar-refractivity contribution in [1.29, 1.82) is 0 Å². The first-order chi connectivity index (χ1) is 36.6. The molecule has 15 N–H and O–H groups in total. The Morgan fingerprint density at radius 3 is 2.01 bits per heavy atom. The number of methoxy groups -OCH3 is 1. The maximum Gasteiger partial charge on any atom is 0.327 e. The smallest absolute Gasteiger partial charge is 0.327 e. The molecule has 2 rings (SSSR count). The van der Waals surface area contributed by atoms with Crippen molar-refractivity contribution in [3.8, 4) is 0 Å². The minimum atomic E-state index is -1.93. The third-order valence-corrected chi connectivity index (χ3v) is 14.1. The third-order valence-electron chi connectivity index (χ3n) is 13.0. The summed E-state index contributed by atoms with van der Waals surface area (Å²) in [6, 6.07) is -2.12. The number of ether oxygens (including phenoxy) is 1. The number of guanidine groups is 1. The highest BCUT2D eigenvalue weighted by Crippen LogP contribution is 2.19. The number of nitrogens with zero attached hydrogens (tertiary/aromatic N) is 2. The second-order valence-electron chi connectivity index (χ2n) is 19.9. The summed E-state index contributed by atoms with van der Waals surface area (Å²) >= 11 is 0.909. The number of thioether (sulfide) groups is 1. The first-order valence-corrected chi connectivity index (χ1v) is 26.8. The number of nitrogens with one attached hydrogen (secondary N) is 6. The Kier molecular flexibility index (Phi) is 28.6. The Morgan fingerprint density at radius 2 is 1.44 bits per heavy atom. The Hall–Kier alpha value is -7.06. The number of hydrogen-bond donors (Lipinski definition) is 12. The number of benzene rings is 1. The number of carboxylic acids is 3. The molecule has 1 saturated heterocycles. The zero-order chi connectivity index (χ0) is 59.0. The molecule has 0 aromatic heterocycles. The molecule has 7 amide bonds. The average Bonchev–Trinajstić information content (AvgIpc) is 3.37. The van der Waals surface area contributed by atoms with Gasteiger partial charge < -0.3 is 74.1 Å². The van der Waals surface area contributed by atoms with E-state index in [4.69, 9.17) is 21.9 Å². The van der Waals surface area contributed by atoms with E-state index in [2.05, 4.69) is 36.9 Å². The van der Waals surface area contributed by atoms with Gasteiger partial charge in [0.15, 0.2) is 5.96 Å². The van der Waals surface area contributed by atoms with Crippen molar-refractivity contribution >= 4 is 77.0 Å². The number of carbonyl (C=O) groups excluding carboxylic acids is 7. The van der Waals surface area contributed by atoms with Gasteiger partial charge in [0.2, 0.25) is 41.4 Å². The summed E-state index contributed by atoms with van der Waals surface area (Å²) in [4.78, 5) is 140. The van der Waals surface area contributed by atoms with Gasteiger partial charge in [-0.05, 0) is 57.4 Å². The van der Waals surface area contributed by atoms with Crippen molar-refractivity contribution in [2.24, 2.45) is 45.9 Å². The number of carbonyl (C=O) groups is 10. The molecule has 0 saturated carbocycles. The van der Waals surface area contributed by atoms with Crippen molar-refractivity contribution in [3.63, 3.8) is 0 Å². The van der Waals surface area contributed by atoms with Gasteiger partial charge in [-0.1, -0.05) is 88.8 Å². The van der Waals surface area contributed by atoms with Crippen molar-refractivity contribution in [1.82, 2.24) is 36.8 Å². The second-order valence-corrected chi connectivity index (χ2v) is 21.0. The summed E-state index contributed by atoms with van der Waals surface area (Å²) in [7, 11) is 2.84. The van der Waals surface area contributed by atoms with Crippen LogP contribution in [0.5, 0.6) is 0 Å². The lowest BCUT2D eigenvalue weighted by molar-refractivity contribution is -0.146. The zero-order valence-electron chi connectivity index (χ0n) is 45.9. The molecular formula is C52H81N11O14S. The first-order valence-electron chi connectivity index (χ1n) is 25.7. The van der Waals surface area contributed by atoms with E-state index in [1.807, 2.05) is 43.3 Å². The highest BCUT2D eigenvalue weighted by molar-refractivity contribution is 7.99. The molecule has 0 radical (unpaired) electrons. The van der Waals surface area contributed by atoms with E-state index in [9.17, 15) is 63.3 Å². The van der Waals surface area contributed by atoms with Gasteiger partial charge in [0.1, 0.15) is 42.3 Å². The van der Waals surface area contributed by atoms with Gasteiger partial charge in [-0.2, -0.15) is 11.8 Å². The molecule has 12 unspecified atom stereocenters. The highest BCUT2D eigenvalue weighted by atomic mass is 32.2. The van der Waals surface area contributed by atoms with E-state index in [0.29, 0.717) is 12.0 Å². The van der Waals surface area contributed by atoms with Crippen LogP contribution in [-0.4, -0.2) is 172 Å². The Balaban J connectivity index is 2.80. The topological polar surface area (TPSA) is 406 Å². The van der Waals surface area contributed by atoms with Gasteiger partial charge in [-0.25, -0.2) is 9.59 Å². The Bertz CT molecular complexity index is 2330. The molecule has 1 heterocycles. The summed E-state index contributed by atoms with van der Waals surface area (Å²) in [6.07, 6.45) is 4.34. The van der Waals surface area contributed by atoms with Crippen molar-refractivity contribution in [2.45, 2.75) is 141 Å². The van der Waals surface area contributed by atoms with E-state index >= 15 is 0 Å². The molecule has 434 valence electrons. The van der Waals surface area contributed by atoms with Crippen LogP contribution >= 0.6 is 11.8 Å². The van der Waals surface area contributed by atoms with E-state index in [1.165, 1.54) is 33.9 Å². The summed E-state index contributed by atoms with van der Waals surface area (Å²) in [5.41, 5.74) is 18.5. The van der Waals surface area contributed by atoms with E-state index in [-0.39, 0.29) is 61.2 Å². The maximum absolute atomic E-state index is 14.5. The van der Waals surface area contributed by atoms with Gasteiger partial charge in [0.25, 0.3) is 0 Å². The molecule has 0 aliphatic carbocycles. The molecule has 1 aliphatic rings. The number of likely N-dealkylation sites (N-methyl/N-ethyl adjacent to an activating group) is 1. The molecule has 1 fully saturated rings. The van der Waals surface area contributed by atoms with Gasteiger partial charge in [-0.3, -0.25) is 43.3 Å². The van der Waals surface area contributed by atoms with Crippen LogP contribution in [0.3, 0.4) is 0 Å². The minimum absolute atomic E-state index is 0.00362. The zero-order valence-corrected chi connectivity index (χ0v) is 46.7. The quantitative estimate of drug-likeness (QED) is 0.0343. The predicted molar refractivity (Wildman–Crippen MR) is 292 cm³/mol. The second kappa shape index (κ2) is 33.3. The number of nitrogens with two attached hydrogens (primary N) is 3. The van der Waals surface area contributed by atoms with E-state index in [0.717, 1.165) is 22.2 Å². The van der Waals surface area contributed by atoms with Crippen LogP contribution in [0.25, 0.3) is 0 Å². The number of rotatable bonds is 20. The molecule has 0 bridgehead atoms. The number of carboxylic acid groups (broad SMARTS) is 3. The van der Waals surface area contributed by atoms with Crippen LogP contribution in [0.1, 0.15) is 86.1 Å². The van der Waals surface area contributed by atoms with Crippen LogP contribution in [0.4, 0.5) is 0 Å². The predicted octanol–water partition coefficient (Wildman–Crippen LogP) is -0.382. The highest BCUT2D eigenvalue weighted by Gasteiger charge is 2.38. The molecule has 78 heavy (non-hydrogen) atoms. The SMILES string of the molecule is COC(Cc1ccccc1)C(C)C=C(C)C=CC1NC(=O)C(CCCN=C(N)N)NC(=O)C(C)C(C(=O)O)NC(=O)C(CC(C)C)NC(=O)C(C)NC(=O)C(CSCC(N)C(=O)O)N(C)C(=O)CCC(C(=O)O)NC(=O)C1C. The molecule has 25 nitrogen and oxygen atoms in total. The fourth-order valence-electron chi connectivity index (χ4n) is 8.11. The molecule has 1 aliphatic heterocycles. The Labute approximate surface area is 459 Å². The molecule has 12 atom stereocenters. The van der Waals surface area contributed by atoms with Crippen LogP contribution in [-0.2, 0) is 59.1 Å². The van der Waals surface area contributed by atoms with E-state index in [1.54, 1.807) is 34.0 Å². The summed E-state index contributed by atoms with van der Waals surface area (Å²) in [6.45, 7) is 11.1. The minimum Gasteiger partial charge on any atom is -0.480 e. The van der Waals surface area contributed by atoms with Gasteiger partial charge in [0, 0.05) is 44.5 Å². The molecule has 0 spiro atoms. The van der Waals surface area contributed by atoms with Gasteiger partial charge >= 0.3 is 17.9 Å². The maximum atomic E-state index is 14.5. The number of aliphatic imine (C=N–C) groups is 1. The normalized spacial score (nSPS) is 25.4. The lowest BCUT2D eigenvalue weighted by Gasteiger charge is -2.30. The standard InChI is InChI=1S/C52H81N11O14S/c1-27(2)22-38-47(69)62-42(51(75)76)31(6)44(66)59-36(16-13-21-56-52(54)55)46(68)58-35(18-17-28(3)23-29(4)40(77-9)24-33-14-11-10-12-15-33)30(5)43(65)60-37(50(73)74)19-20-41(64)63(8)39(26-78-25-34(53)49(71)72)48(70)57-32(7)45(67)61-38/h10-12,14-15,17-18,23,27,29-32,34-40,42H,13,16,19-22,24-26,53H2,1-9H3,(H,57,70)(H,58,68)(H,59,66)(H,60,65)(H,61,67)(H,62,69)(H,71,72)(H,73,74)(H,75,76)(H4,54,55,56). The number of allylic oxidation sites excluding steroid dienone is 2. The number of aliphatic carboxylic acids is 3. The van der Waals surface area contributed by atoms with Gasteiger partial charge in [0.05, 0.1) is 24.0 Å². The summed E-state index contributed by atoms with van der Waals surface area (Å²) < 4.78 is 5.82. The largest absolute Gasteiger partial charge is 0.480 e.